The first-order valence-electron chi connectivity index (χ1n) is 5.42. The van der Waals surface area contributed by atoms with Crippen LogP contribution >= 0.6 is 0 Å². The molecule has 0 heterocycles. The zero-order chi connectivity index (χ0) is 12.7. The first-order chi connectivity index (χ1) is 7.38. The maximum absolute atomic E-state index is 11.0. The van der Waals surface area contributed by atoms with Crippen LogP contribution in [0.15, 0.2) is 0 Å². The fourth-order valence-electron chi connectivity index (χ4n) is 1.61. The summed E-state index contributed by atoms with van der Waals surface area (Å²) in [5.41, 5.74) is 7.25. The first-order valence-corrected chi connectivity index (χ1v) is 5.42. The molecule has 0 aromatic carbocycles. The molecule has 5 N–H and O–H groups in total. The van der Waals surface area contributed by atoms with E-state index in [4.69, 9.17) is 11.6 Å². The molecule has 0 aliphatic rings. The Kier molecular flexibility index (Phi) is 6.67. The largest absolute Gasteiger partial charge is 0.369 e. The van der Waals surface area contributed by atoms with E-state index in [9.17, 15) is 9.59 Å². The minimum atomic E-state index is -0.358. The number of hydrogen-bond donors (Lipinski definition) is 3. The Morgan fingerprint density at radius 1 is 1.31 bits per heavy atom. The molecule has 0 bridgehead atoms. The predicted octanol–water partition coefficient (Wildman–Crippen LogP) is -0.659. The van der Waals surface area contributed by atoms with Gasteiger partial charge in [-0.1, -0.05) is 0 Å². The minimum absolute atomic E-state index is 0.116. The fraction of sp³-hybridized carbons (Fsp3) is 0.800. The summed E-state index contributed by atoms with van der Waals surface area (Å²) in [6.07, 6.45) is 0.994. The number of nitrogens with zero attached hydrogens (tertiary/aromatic N) is 1. The van der Waals surface area contributed by atoms with Crippen LogP contribution in [0.5, 0.6) is 0 Å². The van der Waals surface area contributed by atoms with Gasteiger partial charge in [-0.25, -0.2) is 5.84 Å². The summed E-state index contributed by atoms with van der Waals surface area (Å²) in [7, 11) is 0. The van der Waals surface area contributed by atoms with Gasteiger partial charge in [0.25, 0.3) is 0 Å². The van der Waals surface area contributed by atoms with Crippen LogP contribution in [0.25, 0.3) is 0 Å². The third-order valence-corrected chi connectivity index (χ3v) is 2.52. The SMILES string of the molecule is CC(C)N(CC(N)=O)C(C)CCC(=O)NN. The number of hydrogen-bond acceptors (Lipinski definition) is 4. The summed E-state index contributed by atoms with van der Waals surface area (Å²) in [4.78, 5) is 23.8. The van der Waals surface area contributed by atoms with Gasteiger partial charge in [-0.3, -0.25) is 19.9 Å². The highest BCUT2D eigenvalue weighted by Gasteiger charge is 2.19. The quantitative estimate of drug-likeness (QED) is 0.307. The topological polar surface area (TPSA) is 101 Å². The standard InChI is InChI=1S/C10H22N4O2/c1-7(2)14(6-9(11)15)8(3)4-5-10(16)13-12/h7-8H,4-6,12H2,1-3H3,(H2,11,15)(H,13,16). The Labute approximate surface area is 96.3 Å². The van der Waals surface area contributed by atoms with Crippen molar-refractivity contribution in [3.8, 4) is 0 Å². The van der Waals surface area contributed by atoms with E-state index in [-0.39, 0.29) is 30.4 Å². The van der Waals surface area contributed by atoms with Gasteiger partial charge >= 0.3 is 0 Å². The van der Waals surface area contributed by atoms with Crippen LogP contribution in [0.4, 0.5) is 0 Å². The molecule has 0 rings (SSSR count). The van der Waals surface area contributed by atoms with E-state index in [1.807, 2.05) is 25.7 Å². The summed E-state index contributed by atoms with van der Waals surface area (Å²) < 4.78 is 0. The van der Waals surface area contributed by atoms with Crippen LogP contribution in [0.2, 0.25) is 0 Å². The second-order valence-corrected chi connectivity index (χ2v) is 4.19. The normalized spacial score (nSPS) is 12.9. The van der Waals surface area contributed by atoms with E-state index in [2.05, 4.69) is 5.43 Å². The highest BCUT2D eigenvalue weighted by atomic mass is 16.2. The zero-order valence-corrected chi connectivity index (χ0v) is 10.2. The van der Waals surface area contributed by atoms with Gasteiger partial charge < -0.3 is 5.73 Å². The van der Waals surface area contributed by atoms with Crippen LogP contribution in [0.1, 0.15) is 33.6 Å². The van der Waals surface area contributed by atoms with E-state index >= 15 is 0 Å². The number of rotatable bonds is 7. The lowest BCUT2D eigenvalue weighted by molar-refractivity contribution is -0.121. The van der Waals surface area contributed by atoms with Crippen LogP contribution in [-0.2, 0) is 9.59 Å². The van der Waals surface area contributed by atoms with E-state index in [0.29, 0.717) is 12.8 Å². The molecular weight excluding hydrogens is 208 g/mol. The zero-order valence-electron chi connectivity index (χ0n) is 10.2. The molecule has 6 nitrogen and oxygen atoms in total. The summed E-state index contributed by atoms with van der Waals surface area (Å²) in [6.45, 7) is 6.15. The Balaban J connectivity index is 4.21. The molecular formula is C10H22N4O2. The average molecular weight is 230 g/mol. The molecule has 0 saturated heterocycles. The molecule has 2 amide bonds. The monoisotopic (exact) mass is 230 g/mol. The van der Waals surface area contributed by atoms with Gasteiger partial charge in [0.1, 0.15) is 0 Å². The van der Waals surface area contributed by atoms with Gasteiger partial charge in [-0.2, -0.15) is 0 Å². The average Bonchev–Trinajstić information content (AvgIpc) is 2.21. The van der Waals surface area contributed by atoms with Gasteiger partial charge in [-0.15, -0.1) is 0 Å². The van der Waals surface area contributed by atoms with Crippen molar-refractivity contribution >= 4 is 11.8 Å². The fourth-order valence-corrected chi connectivity index (χ4v) is 1.61. The number of carbonyl (C=O) groups excluding carboxylic acids is 2. The molecule has 0 fully saturated rings. The number of nitrogens with two attached hydrogens (primary N) is 2. The van der Waals surface area contributed by atoms with Crippen molar-refractivity contribution in [2.75, 3.05) is 6.54 Å². The summed E-state index contributed by atoms with van der Waals surface area (Å²) in [6, 6.07) is 0.327. The highest BCUT2D eigenvalue weighted by molar-refractivity contribution is 5.76. The molecule has 0 radical (unpaired) electrons. The molecule has 0 aromatic heterocycles. The molecule has 6 heteroatoms. The highest BCUT2D eigenvalue weighted by Crippen LogP contribution is 2.10. The van der Waals surface area contributed by atoms with Crippen LogP contribution in [0, 0.1) is 0 Å². The molecule has 94 valence electrons. The van der Waals surface area contributed by atoms with Crippen molar-refractivity contribution in [2.45, 2.75) is 45.7 Å². The van der Waals surface area contributed by atoms with Gasteiger partial charge in [0.05, 0.1) is 6.54 Å². The number of amides is 2. The molecule has 0 saturated carbocycles. The van der Waals surface area contributed by atoms with E-state index in [1.165, 1.54) is 0 Å². The van der Waals surface area contributed by atoms with Gasteiger partial charge in [0.2, 0.25) is 11.8 Å². The lowest BCUT2D eigenvalue weighted by Crippen LogP contribution is -2.44. The smallest absolute Gasteiger partial charge is 0.233 e. The predicted molar refractivity (Wildman–Crippen MR) is 62.1 cm³/mol. The lowest BCUT2D eigenvalue weighted by atomic mass is 10.1. The maximum Gasteiger partial charge on any atom is 0.233 e. The molecule has 0 spiro atoms. The van der Waals surface area contributed by atoms with Crippen molar-refractivity contribution in [1.29, 1.82) is 0 Å². The van der Waals surface area contributed by atoms with Crippen molar-refractivity contribution < 1.29 is 9.59 Å². The van der Waals surface area contributed by atoms with Gasteiger partial charge in [0, 0.05) is 18.5 Å². The van der Waals surface area contributed by atoms with E-state index < -0.39 is 0 Å². The minimum Gasteiger partial charge on any atom is -0.369 e. The number of carbonyl (C=O) groups is 2. The van der Waals surface area contributed by atoms with Crippen molar-refractivity contribution in [3.63, 3.8) is 0 Å². The van der Waals surface area contributed by atoms with Crippen LogP contribution < -0.4 is 17.0 Å². The second-order valence-electron chi connectivity index (χ2n) is 4.19. The Morgan fingerprint density at radius 2 is 1.88 bits per heavy atom. The van der Waals surface area contributed by atoms with E-state index in [0.717, 1.165) is 0 Å². The molecule has 1 atom stereocenters. The first kappa shape index (κ1) is 14.9. The number of nitrogens with one attached hydrogen (secondary N) is 1. The number of primary amides is 1. The second kappa shape index (κ2) is 7.19. The molecule has 0 aliphatic carbocycles. The lowest BCUT2D eigenvalue weighted by Gasteiger charge is -2.31. The van der Waals surface area contributed by atoms with Crippen LogP contribution in [-0.4, -0.2) is 35.3 Å². The third kappa shape index (κ3) is 5.67. The van der Waals surface area contributed by atoms with Crippen LogP contribution in [0.3, 0.4) is 0 Å². The molecule has 0 aromatic rings. The Bertz CT molecular complexity index is 243. The van der Waals surface area contributed by atoms with Crippen molar-refractivity contribution in [3.05, 3.63) is 0 Å². The van der Waals surface area contributed by atoms with Gasteiger partial charge in [0.15, 0.2) is 0 Å². The third-order valence-electron chi connectivity index (χ3n) is 2.52. The van der Waals surface area contributed by atoms with Crippen molar-refractivity contribution in [1.82, 2.24) is 10.3 Å². The molecule has 1 unspecified atom stereocenters. The summed E-state index contributed by atoms with van der Waals surface area (Å²) in [5.74, 6) is 4.43. The summed E-state index contributed by atoms with van der Waals surface area (Å²) >= 11 is 0. The Hall–Kier alpha value is -1.14. The molecule has 0 aliphatic heterocycles. The Morgan fingerprint density at radius 3 is 2.25 bits per heavy atom. The summed E-state index contributed by atoms with van der Waals surface area (Å²) in [5, 5.41) is 0. The number of hydrazine groups is 1. The maximum atomic E-state index is 11.0. The van der Waals surface area contributed by atoms with Crippen molar-refractivity contribution in [2.24, 2.45) is 11.6 Å². The molecule has 16 heavy (non-hydrogen) atoms. The van der Waals surface area contributed by atoms with E-state index in [1.54, 1.807) is 0 Å². The van der Waals surface area contributed by atoms with Gasteiger partial charge in [-0.05, 0) is 27.2 Å².